The Morgan fingerprint density at radius 1 is 0.657 bits per heavy atom. The van der Waals surface area contributed by atoms with Crippen molar-refractivity contribution in [2.45, 2.75) is 58.2 Å². The van der Waals surface area contributed by atoms with E-state index >= 15 is 0 Å². The number of nitrogen functional groups attached to an aromatic ring is 1. The zero-order valence-corrected chi connectivity index (χ0v) is 22.7. The Morgan fingerprint density at radius 2 is 1.26 bits per heavy atom. The first kappa shape index (κ1) is 23.5. The molecule has 0 amide bonds. The highest BCUT2D eigenvalue weighted by Gasteiger charge is 2.41. The van der Waals surface area contributed by atoms with Crippen molar-refractivity contribution in [2.24, 2.45) is 0 Å². The third-order valence-electron chi connectivity index (χ3n) is 8.16. The molecule has 5 aromatic carbocycles. The Hall–Kier alpha value is -3.28. The average Bonchev–Trinajstić information content (AvgIpc) is 2.82. The number of anilines is 1. The molecule has 0 saturated heterocycles. The standard InChI is InChI=1S/C33H35NSi/c1-21(2)35(22(3)4,23(5)6)19-18-27-20-26-15-14-24-10-9-11-25-16-17-29(33(26)31(24)25)32(27)28-12-7-8-13-30(28)34/h7-17,20-23H,34H2,1-6H3. The quantitative estimate of drug-likeness (QED) is 0.120. The van der Waals surface area contributed by atoms with Crippen molar-refractivity contribution in [3.63, 3.8) is 0 Å². The molecule has 0 unspecified atom stereocenters. The van der Waals surface area contributed by atoms with Crippen molar-refractivity contribution in [1.29, 1.82) is 0 Å². The minimum Gasteiger partial charge on any atom is -0.398 e. The van der Waals surface area contributed by atoms with E-state index in [9.17, 15) is 0 Å². The fourth-order valence-corrected chi connectivity index (χ4v) is 11.7. The molecule has 1 nitrogen and oxygen atoms in total. The molecule has 0 atom stereocenters. The van der Waals surface area contributed by atoms with Gasteiger partial charge in [0.1, 0.15) is 8.07 Å². The van der Waals surface area contributed by atoms with E-state index in [1.165, 1.54) is 37.9 Å². The highest BCUT2D eigenvalue weighted by Crippen LogP contribution is 2.44. The summed E-state index contributed by atoms with van der Waals surface area (Å²) < 4.78 is 0. The molecule has 5 aromatic rings. The molecule has 5 rings (SSSR count). The lowest BCUT2D eigenvalue weighted by Crippen LogP contribution is -2.43. The lowest BCUT2D eigenvalue weighted by Gasteiger charge is -2.38. The van der Waals surface area contributed by atoms with Crippen molar-refractivity contribution in [3.8, 4) is 22.6 Å². The van der Waals surface area contributed by atoms with E-state index in [1.807, 2.05) is 12.1 Å². The van der Waals surface area contributed by atoms with Crippen LogP contribution in [-0.2, 0) is 0 Å². The van der Waals surface area contributed by atoms with Crippen LogP contribution in [-0.4, -0.2) is 8.07 Å². The first-order chi connectivity index (χ1) is 16.8. The van der Waals surface area contributed by atoms with Gasteiger partial charge in [0.15, 0.2) is 0 Å². The van der Waals surface area contributed by atoms with Gasteiger partial charge in [-0.25, -0.2) is 0 Å². The minimum absolute atomic E-state index is 0.588. The van der Waals surface area contributed by atoms with E-state index in [2.05, 4.69) is 114 Å². The number of rotatable bonds is 4. The van der Waals surface area contributed by atoms with E-state index in [1.54, 1.807) is 0 Å². The van der Waals surface area contributed by atoms with Crippen molar-refractivity contribution < 1.29 is 0 Å². The van der Waals surface area contributed by atoms with Gasteiger partial charge in [-0.05, 0) is 61.1 Å². The van der Waals surface area contributed by atoms with Crippen LogP contribution in [0.25, 0.3) is 43.4 Å². The summed E-state index contributed by atoms with van der Waals surface area (Å²) in [6.07, 6.45) is 0. The molecular weight excluding hydrogens is 438 g/mol. The van der Waals surface area contributed by atoms with Gasteiger partial charge in [-0.2, -0.15) is 0 Å². The largest absolute Gasteiger partial charge is 0.398 e. The summed E-state index contributed by atoms with van der Waals surface area (Å²) in [5.74, 6) is 3.78. The van der Waals surface area contributed by atoms with Crippen LogP contribution in [0.5, 0.6) is 0 Å². The zero-order chi connectivity index (χ0) is 24.9. The topological polar surface area (TPSA) is 26.0 Å². The predicted molar refractivity (Wildman–Crippen MR) is 158 cm³/mol. The monoisotopic (exact) mass is 473 g/mol. The van der Waals surface area contributed by atoms with Gasteiger partial charge < -0.3 is 5.73 Å². The molecule has 176 valence electrons. The number of hydrogen-bond acceptors (Lipinski definition) is 1. The summed E-state index contributed by atoms with van der Waals surface area (Å²) in [5.41, 5.74) is 16.4. The van der Waals surface area contributed by atoms with Crippen LogP contribution in [0, 0.1) is 11.5 Å². The van der Waals surface area contributed by atoms with Crippen LogP contribution in [0.15, 0.2) is 72.8 Å². The maximum absolute atomic E-state index is 6.58. The predicted octanol–water partition coefficient (Wildman–Crippen LogP) is 9.40. The highest BCUT2D eigenvalue weighted by atomic mass is 28.3. The summed E-state index contributed by atoms with van der Waals surface area (Å²) in [5, 5.41) is 7.67. The molecule has 0 radical (unpaired) electrons. The van der Waals surface area contributed by atoms with Gasteiger partial charge in [0.05, 0.1) is 0 Å². The Kier molecular flexibility index (Phi) is 5.86. The summed E-state index contributed by atoms with van der Waals surface area (Å²) in [6.45, 7) is 14.2. The molecule has 0 aliphatic carbocycles. The summed E-state index contributed by atoms with van der Waals surface area (Å²) >= 11 is 0. The van der Waals surface area contributed by atoms with E-state index in [4.69, 9.17) is 5.73 Å². The van der Waals surface area contributed by atoms with Crippen LogP contribution in [0.1, 0.15) is 47.1 Å². The third kappa shape index (κ3) is 3.61. The molecule has 0 saturated carbocycles. The maximum atomic E-state index is 6.58. The molecule has 0 aliphatic rings. The van der Waals surface area contributed by atoms with Gasteiger partial charge in [-0.3, -0.25) is 0 Å². The summed E-state index contributed by atoms with van der Waals surface area (Å²) in [4.78, 5) is 0. The fraction of sp³-hybridized carbons (Fsp3) is 0.273. The van der Waals surface area contributed by atoms with Gasteiger partial charge in [-0.15, -0.1) is 5.54 Å². The van der Waals surface area contributed by atoms with Crippen LogP contribution in [0.3, 0.4) is 0 Å². The number of para-hydroxylation sites is 1. The van der Waals surface area contributed by atoms with Crippen LogP contribution >= 0.6 is 0 Å². The summed E-state index contributed by atoms with van der Waals surface area (Å²) in [6, 6.07) is 26.1. The SMILES string of the molecule is CC(C)[Si](C#Cc1cc2ccc3cccc4ccc(c1-c1ccccc1N)c2c34)(C(C)C)C(C)C. The molecule has 0 aliphatic heterocycles. The fourth-order valence-electron chi connectivity index (χ4n) is 6.53. The zero-order valence-electron chi connectivity index (χ0n) is 21.7. The van der Waals surface area contributed by atoms with Crippen LogP contribution < -0.4 is 5.73 Å². The molecule has 0 aromatic heterocycles. The Morgan fingerprint density at radius 3 is 1.89 bits per heavy atom. The Labute approximate surface area is 210 Å². The van der Waals surface area contributed by atoms with Crippen molar-refractivity contribution in [2.75, 3.05) is 5.73 Å². The van der Waals surface area contributed by atoms with Gasteiger partial charge in [0.2, 0.25) is 0 Å². The first-order valence-electron chi connectivity index (χ1n) is 12.8. The van der Waals surface area contributed by atoms with Crippen molar-refractivity contribution >= 4 is 46.1 Å². The minimum atomic E-state index is -1.89. The first-order valence-corrected chi connectivity index (χ1v) is 15.1. The van der Waals surface area contributed by atoms with Crippen molar-refractivity contribution in [1.82, 2.24) is 0 Å². The Balaban J connectivity index is 1.91. The van der Waals surface area contributed by atoms with Gasteiger partial charge in [0, 0.05) is 22.4 Å². The third-order valence-corrected chi connectivity index (χ3v) is 14.4. The number of benzene rings is 5. The highest BCUT2D eigenvalue weighted by molar-refractivity contribution is 6.90. The van der Waals surface area contributed by atoms with Gasteiger partial charge in [-0.1, -0.05) is 108 Å². The van der Waals surface area contributed by atoms with E-state index in [-0.39, 0.29) is 0 Å². The van der Waals surface area contributed by atoms with Crippen LogP contribution in [0.2, 0.25) is 16.6 Å². The average molecular weight is 474 g/mol. The number of hydrogen-bond donors (Lipinski definition) is 1. The summed E-state index contributed by atoms with van der Waals surface area (Å²) in [7, 11) is -1.89. The van der Waals surface area contributed by atoms with Crippen LogP contribution in [0.4, 0.5) is 5.69 Å². The van der Waals surface area contributed by atoms with Crippen molar-refractivity contribution in [3.05, 3.63) is 78.4 Å². The van der Waals surface area contributed by atoms with E-state index in [0.29, 0.717) is 16.6 Å². The normalized spacial score (nSPS) is 12.4. The number of nitrogens with two attached hydrogens (primary N) is 1. The lowest BCUT2D eigenvalue weighted by molar-refractivity contribution is 0.838. The molecule has 0 heterocycles. The molecular formula is C33H35NSi. The molecule has 0 spiro atoms. The molecule has 2 heteroatoms. The Bertz CT molecular complexity index is 1560. The van der Waals surface area contributed by atoms with Gasteiger partial charge >= 0.3 is 0 Å². The second-order valence-corrected chi connectivity index (χ2v) is 16.5. The molecule has 0 bridgehead atoms. The van der Waals surface area contributed by atoms with E-state index < -0.39 is 8.07 Å². The lowest BCUT2D eigenvalue weighted by atomic mass is 9.86. The maximum Gasteiger partial charge on any atom is 0.146 e. The molecule has 35 heavy (non-hydrogen) atoms. The second-order valence-electron chi connectivity index (χ2n) is 10.9. The second kappa shape index (κ2) is 8.74. The molecule has 2 N–H and O–H groups in total. The molecule has 0 fully saturated rings. The smallest absolute Gasteiger partial charge is 0.146 e. The van der Waals surface area contributed by atoms with E-state index in [0.717, 1.165) is 16.8 Å². The van der Waals surface area contributed by atoms with Gasteiger partial charge in [0.25, 0.3) is 0 Å².